The molecule has 0 aliphatic carbocycles. The highest BCUT2D eigenvalue weighted by Gasteiger charge is 2.34. The summed E-state index contributed by atoms with van der Waals surface area (Å²) < 4.78 is 22.6. The van der Waals surface area contributed by atoms with Crippen LogP contribution in [-0.4, -0.2) is 63.3 Å². The number of anilines is 1. The van der Waals surface area contributed by atoms with E-state index < -0.39 is 0 Å². The van der Waals surface area contributed by atoms with E-state index in [0.29, 0.717) is 56.8 Å². The zero-order valence-corrected chi connectivity index (χ0v) is 23.2. The molecule has 39 heavy (non-hydrogen) atoms. The number of halogens is 1. The second kappa shape index (κ2) is 11.1. The predicted octanol–water partition coefficient (Wildman–Crippen LogP) is 5.32. The summed E-state index contributed by atoms with van der Waals surface area (Å²) in [5, 5.41) is 11.6. The van der Waals surface area contributed by atoms with E-state index in [1.54, 1.807) is 38.3 Å². The van der Waals surface area contributed by atoms with Crippen molar-refractivity contribution < 1.29 is 28.8 Å². The van der Waals surface area contributed by atoms with E-state index in [4.69, 9.17) is 30.5 Å². The molecule has 204 valence electrons. The first-order valence-corrected chi connectivity index (χ1v) is 13.0. The fourth-order valence-corrected chi connectivity index (χ4v) is 5.36. The van der Waals surface area contributed by atoms with E-state index in [2.05, 4.69) is 15.9 Å². The molecule has 2 aliphatic heterocycles. The van der Waals surface area contributed by atoms with Gasteiger partial charge in [-0.1, -0.05) is 17.7 Å². The molecule has 0 unspecified atom stereocenters. The maximum atomic E-state index is 13.5. The Morgan fingerprint density at radius 2 is 1.74 bits per heavy atom. The molecule has 1 saturated heterocycles. The maximum absolute atomic E-state index is 13.5. The lowest BCUT2D eigenvalue weighted by atomic mass is 9.99. The molecule has 0 amide bonds. The van der Waals surface area contributed by atoms with E-state index >= 15 is 0 Å². The second-order valence-electron chi connectivity index (χ2n) is 9.50. The number of aryl methyl sites for hydroxylation is 1. The lowest BCUT2D eigenvalue weighted by molar-refractivity contribution is 0.101. The van der Waals surface area contributed by atoms with Gasteiger partial charge in [-0.2, -0.15) is 0 Å². The van der Waals surface area contributed by atoms with Crippen LogP contribution in [0.3, 0.4) is 0 Å². The maximum Gasteiger partial charge on any atom is 0.232 e. The van der Waals surface area contributed by atoms with Crippen molar-refractivity contribution in [1.29, 1.82) is 0 Å². The van der Waals surface area contributed by atoms with Crippen LogP contribution in [0.4, 0.5) is 5.69 Å². The highest BCUT2D eigenvalue weighted by atomic mass is 35.5. The number of ketones is 1. The first-order valence-electron chi connectivity index (χ1n) is 12.7. The molecule has 3 aromatic rings. The molecule has 0 bridgehead atoms. The van der Waals surface area contributed by atoms with Crippen LogP contribution in [0.2, 0.25) is 5.02 Å². The number of fused-ring (bicyclic) bond motifs is 1. The molecule has 2 aliphatic rings. The number of piperazine rings is 1. The van der Waals surface area contributed by atoms with Crippen molar-refractivity contribution in [3.63, 3.8) is 0 Å². The molecule has 0 atom stereocenters. The average Bonchev–Trinajstić information content (AvgIpc) is 3.26. The van der Waals surface area contributed by atoms with Gasteiger partial charge < -0.3 is 29.0 Å². The van der Waals surface area contributed by atoms with E-state index in [9.17, 15) is 9.90 Å². The lowest BCUT2D eigenvalue weighted by Crippen LogP contribution is -2.46. The Labute approximate surface area is 232 Å². The van der Waals surface area contributed by atoms with Crippen molar-refractivity contribution in [3.8, 4) is 28.7 Å². The molecule has 9 heteroatoms. The Morgan fingerprint density at radius 1 is 1.00 bits per heavy atom. The zero-order valence-electron chi connectivity index (χ0n) is 22.4. The number of ether oxygens (including phenoxy) is 4. The largest absolute Gasteiger partial charge is 0.507 e. The topological polar surface area (TPSA) is 80.7 Å². The van der Waals surface area contributed by atoms with Gasteiger partial charge >= 0.3 is 0 Å². The van der Waals surface area contributed by atoms with Crippen LogP contribution in [0.5, 0.6) is 28.7 Å². The van der Waals surface area contributed by atoms with Crippen molar-refractivity contribution in [3.05, 3.63) is 75.5 Å². The average molecular weight is 551 g/mol. The van der Waals surface area contributed by atoms with Gasteiger partial charge in [0.1, 0.15) is 11.5 Å². The Balaban J connectivity index is 1.40. The Hall–Kier alpha value is -3.88. The molecule has 0 spiro atoms. The van der Waals surface area contributed by atoms with E-state index in [1.807, 2.05) is 18.2 Å². The van der Waals surface area contributed by atoms with Crippen molar-refractivity contribution in [2.24, 2.45) is 0 Å². The fraction of sp³-hybridized carbons (Fsp3) is 0.300. The number of carbonyl (C=O) groups excluding carboxylic acids is 1. The number of phenols is 1. The number of allylic oxidation sites excluding steroid dienone is 1. The second-order valence-corrected chi connectivity index (χ2v) is 9.94. The molecular formula is C30H31ClN2O6. The SMILES string of the molecule is COc1ccc(/C=C2\Oc3c(CN4CCN(c5cccc(Cl)c5)CC4)c(O)cc(C)c3C2=O)c(OC)c1OC. The minimum absolute atomic E-state index is 0.112. The standard InChI is InChI=1S/C30H31ClN2O6/c1-18-14-23(34)22(17-32-10-12-33(13-11-32)21-7-5-6-20(31)16-21)29-26(18)27(35)25(39-29)15-19-8-9-24(36-2)30(38-4)28(19)37-3/h5-9,14-16,34H,10-13,17H2,1-4H3/b25-15-. The quantitative estimate of drug-likeness (QED) is 0.396. The van der Waals surface area contributed by atoms with Crippen molar-refractivity contribution in [2.45, 2.75) is 13.5 Å². The Kier molecular flexibility index (Phi) is 7.59. The number of aromatic hydroxyl groups is 1. The van der Waals surface area contributed by atoms with E-state index in [0.717, 1.165) is 31.9 Å². The molecule has 2 heterocycles. The highest BCUT2D eigenvalue weighted by molar-refractivity contribution is 6.30. The summed E-state index contributed by atoms with van der Waals surface area (Å²) >= 11 is 6.17. The third-order valence-electron chi connectivity index (χ3n) is 7.17. The van der Waals surface area contributed by atoms with Gasteiger partial charge in [0.2, 0.25) is 11.5 Å². The number of rotatable bonds is 7. The van der Waals surface area contributed by atoms with Gasteiger partial charge in [0.05, 0.1) is 32.5 Å². The first kappa shape index (κ1) is 26.7. The molecule has 1 N–H and O–H groups in total. The molecule has 0 saturated carbocycles. The monoisotopic (exact) mass is 550 g/mol. The van der Waals surface area contributed by atoms with Gasteiger partial charge in [-0.3, -0.25) is 9.69 Å². The van der Waals surface area contributed by atoms with Gasteiger partial charge in [-0.15, -0.1) is 0 Å². The van der Waals surface area contributed by atoms with Crippen LogP contribution >= 0.6 is 11.6 Å². The van der Waals surface area contributed by atoms with Crippen LogP contribution in [0.1, 0.15) is 27.0 Å². The summed E-state index contributed by atoms with van der Waals surface area (Å²) in [7, 11) is 4.60. The van der Waals surface area contributed by atoms with Crippen LogP contribution in [0.15, 0.2) is 48.2 Å². The Bertz CT molecular complexity index is 1450. The molecule has 8 nitrogen and oxygen atoms in total. The van der Waals surface area contributed by atoms with E-state index in [1.165, 1.54) is 14.2 Å². The minimum atomic E-state index is -0.244. The van der Waals surface area contributed by atoms with Gasteiger partial charge in [-0.25, -0.2) is 0 Å². The fourth-order valence-electron chi connectivity index (χ4n) is 5.17. The van der Waals surface area contributed by atoms with Crippen LogP contribution < -0.4 is 23.8 Å². The zero-order chi connectivity index (χ0) is 27.7. The molecule has 0 radical (unpaired) electrons. The summed E-state index contributed by atoms with van der Waals surface area (Å²) in [4.78, 5) is 18.0. The van der Waals surface area contributed by atoms with Crippen LogP contribution in [0, 0.1) is 6.92 Å². The smallest absolute Gasteiger partial charge is 0.232 e. The van der Waals surface area contributed by atoms with E-state index in [-0.39, 0.29) is 17.3 Å². The number of methoxy groups -OCH3 is 3. The summed E-state index contributed by atoms with van der Waals surface area (Å²) in [5.41, 5.74) is 3.42. The van der Waals surface area contributed by atoms with Crippen molar-refractivity contribution in [2.75, 3.05) is 52.4 Å². The summed E-state index contributed by atoms with van der Waals surface area (Å²) in [6.45, 7) is 5.46. The molecular weight excluding hydrogens is 520 g/mol. The van der Waals surface area contributed by atoms with Gasteiger partial charge in [0.15, 0.2) is 17.3 Å². The molecule has 0 aromatic heterocycles. The lowest BCUT2D eigenvalue weighted by Gasteiger charge is -2.36. The first-order chi connectivity index (χ1) is 18.8. The van der Waals surface area contributed by atoms with Crippen LogP contribution in [-0.2, 0) is 6.54 Å². The highest BCUT2D eigenvalue weighted by Crippen LogP contribution is 2.45. The third kappa shape index (κ3) is 5.10. The van der Waals surface area contributed by atoms with Gasteiger partial charge in [0, 0.05) is 49.0 Å². The summed E-state index contributed by atoms with van der Waals surface area (Å²) in [6.07, 6.45) is 1.63. The number of phenolic OH excluding ortho intramolecular Hbond substituents is 1. The van der Waals surface area contributed by atoms with Crippen LogP contribution in [0.25, 0.3) is 6.08 Å². The molecule has 1 fully saturated rings. The number of nitrogens with zero attached hydrogens (tertiary/aromatic N) is 2. The number of hydrogen-bond donors (Lipinski definition) is 1. The van der Waals surface area contributed by atoms with Gasteiger partial charge in [-0.05, 0) is 55.0 Å². The van der Waals surface area contributed by atoms with Crippen molar-refractivity contribution >= 4 is 29.1 Å². The predicted molar refractivity (Wildman–Crippen MR) is 151 cm³/mol. The third-order valence-corrected chi connectivity index (χ3v) is 7.40. The Morgan fingerprint density at radius 3 is 2.41 bits per heavy atom. The normalized spacial score (nSPS) is 16.3. The summed E-state index contributed by atoms with van der Waals surface area (Å²) in [5.74, 6) is 1.78. The summed E-state index contributed by atoms with van der Waals surface area (Å²) in [6, 6.07) is 13.0. The van der Waals surface area contributed by atoms with Gasteiger partial charge in [0.25, 0.3) is 0 Å². The minimum Gasteiger partial charge on any atom is -0.507 e. The molecule has 3 aromatic carbocycles. The number of benzene rings is 3. The number of carbonyl (C=O) groups is 1. The van der Waals surface area contributed by atoms with Crippen molar-refractivity contribution in [1.82, 2.24) is 4.90 Å². The molecule has 5 rings (SSSR count). The number of hydrogen-bond acceptors (Lipinski definition) is 8. The number of Topliss-reactive ketones (excluding diaryl/α,β-unsaturated/α-hetero) is 1.